The van der Waals surface area contributed by atoms with Crippen LogP contribution in [0.25, 0.3) is 21.8 Å². The molecule has 13 heteroatoms. The number of carbonyl (C=O) groups is 1. The van der Waals surface area contributed by atoms with Crippen LogP contribution in [0.1, 0.15) is 24.8 Å². The summed E-state index contributed by atoms with van der Waals surface area (Å²) in [5.74, 6) is 5.57. The van der Waals surface area contributed by atoms with E-state index in [1.165, 1.54) is 25.4 Å². The minimum atomic E-state index is -3.91. The molecule has 226 valence electrons. The molecule has 0 unspecified atom stereocenters. The Morgan fingerprint density at radius 2 is 1.45 bits per heavy atom. The second-order valence-electron chi connectivity index (χ2n) is 9.13. The van der Waals surface area contributed by atoms with E-state index in [2.05, 4.69) is 31.3 Å². The second-order valence-corrected chi connectivity index (χ2v) is 13.7. The van der Waals surface area contributed by atoms with Gasteiger partial charge >= 0.3 is 5.97 Å². The number of rotatable bonds is 7. The zero-order valence-electron chi connectivity index (χ0n) is 23.2. The van der Waals surface area contributed by atoms with Gasteiger partial charge in [-0.1, -0.05) is 59.8 Å². The quantitative estimate of drug-likeness (QED) is 0.0893. The summed E-state index contributed by atoms with van der Waals surface area (Å²) in [4.78, 5) is 19.5. The van der Waals surface area contributed by atoms with Crippen molar-refractivity contribution in [3.8, 4) is 11.8 Å². The van der Waals surface area contributed by atoms with Gasteiger partial charge in [0.1, 0.15) is 9.79 Å². The summed E-state index contributed by atoms with van der Waals surface area (Å²) < 4.78 is 55.6. The van der Waals surface area contributed by atoms with Gasteiger partial charge in [-0.25, -0.2) is 16.8 Å². The summed E-state index contributed by atoms with van der Waals surface area (Å²) in [6.07, 6.45) is 4.36. The molecule has 9 nitrogen and oxygen atoms in total. The number of pyridine rings is 2. The number of nitrogens with zero attached hydrogens (tertiary/aromatic N) is 2. The fourth-order valence-corrected chi connectivity index (χ4v) is 6.50. The SMILES string of the molecule is COC(=O)CCCC#Cc1cc(Cl)ccc1NS(=O)(=O)c1cccc2cccnc12.O=S(=O)(Cl)c1cccc2cccnc12. The summed E-state index contributed by atoms with van der Waals surface area (Å²) in [6, 6.07) is 21.7. The Morgan fingerprint density at radius 3 is 2.07 bits per heavy atom. The number of fused-ring (bicyclic) bond motifs is 2. The number of esters is 1. The molecule has 2 aromatic heterocycles. The zero-order chi connectivity index (χ0) is 31.7. The molecule has 2 heterocycles. The van der Waals surface area contributed by atoms with Crippen molar-refractivity contribution in [1.82, 2.24) is 9.97 Å². The Morgan fingerprint density at radius 1 is 0.864 bits per heavy atom. The van der Waals surface area contributed by atoms with Crippen LogP contribution in [0, 0.1) is 11.8 Å². The van der Waals surface area contributed by atoms with E-state index in [-0.39, 0.29) is 22.2 Å². The van der Waals surface area contributed by atoms with Crippen LogP contribution in [0.15, 0.2) is 101 Å². The summed E-state index contributed by atoms with van der Waals surface area (Å²) in [7, 11) is -1.02. The van der Waals surface area contributed by atoms with E-state index in [0.717, 1.165) is 10.8 Å². The highest BCUT2D eigenvalue weighted by molar-refractivity contribution is 8.14. The third-order valence-electron chi connectivity index (χ3n) is 6.10. The van der Waals surface area contributed by atoms with Crippen LogP contribution in [-0.4, -0.2) is 39.9 Å². The second kappa shape index (κ2) is 14.5. The fraction of sp³-hybridized carbons (Fsp3) is 0.129. The number of aromatic nitrogens is 2. The van der Waals surface area contributed by atoms with Crippen molar-refractivity contribution in [2.75, 3.05) is 11.8 Å². The first-order chi connectivity index (χ1) is 21.0. The van der Waals surface area contributed by atoms with Gasteiger partial charge in [-0.3, -0.25) is 19.5 Å². The van der Waals surface area contributed by atoms with Crippen molar-refractivity contribution in [3.05, 3.63) is 102 Å². The van der Waals surface area contributed by atoms with Crippen LogP contribution in [0.2, 0.25) is 5.02 Å². The molecule has 0 bridgehead atoms. The third kappa shape index (κ3) is 8.45. The highest BCUT2D eigenvalue weighted by atomic mass is 35.7. The number of carbonyl (C=O) groups excluding carboxylic acids is 1. The molecule has 44 heavy (non-hydrogen) atoms. The number of benzene rings is 3. The largest absolute Gasteiger partial charge is 0.469 e. The highest BCUT2D eigenvalue weighted by Gasteiger charge is 2.19. The average molecular weight is 671 g/mol. The average Bonchev–Trinajstić information content (AvgIpc) is 3.01. The molecule has 0 radical (unpaired) electrons. The summed E-state index contributed by atoms with van der Waals surface area (Å²) in [5.41, 5.74) is 1.55. The lowest BCUT2D eigenvalue weighted by molar-refractivity contribution is -0.140. The van der Waals surface area contributed by atoms with Crippen LogP contribution in [0.5, 0.6) is 0 Å². The number of halogens is 2. The van der Waals surface area contributed by atoms with Crippen LogP contribution in [0.3, 0.4) is 0 Å². The number of unbranched alkanes of at least 4 members (excludes halogenated alkanes) is 1. The summed E-state index contributed by atoms with van der Waals surface area (Å²) >= 11 is 6.07. The predicted octanol–water partition coefficient (Wildman–Crippen LogP) is 6.55. The Bertz CT molecular complexity index is 2100. The molecule has 0 saturated heterocycles. The lowest BCUT2D eigenvalue weighted by Crippen LogP contribution is -2.14. The molecule has 0 fully saturated rings. The van der Waals surface area contributed by atoms with Crippen molar-refractivity contribution < 1.29 is 26.4 Å². The summed E-state index contributed by atoms with van der Waals surface area (Å²) in [6.45, 7) is 0. The van der Waals surface area contributed by atoms with E-state index >= 15 is 0 Å². The van der Waals surface area contributed by atoms with E-state index in [9.17, 15) is 21.6 Å². The molecule has 1 N–H and O–H groups in total. The number of hydrogen-bond acceptors (Lipinski definition) is 8. The van der Waals surface area contributed by atoms with Gasteiger partial charge in [0, 0.05) is 51.7 Å². The van der Waals surface area contributed by atoms with Crippen LogP contribution in [0.4, 0.5) is 5.69 Å². The van der Waals surface area contributed by atoms with Crippen LogP contribution in [-0.2, 0) is 28.6 Å². The molecule has 0 amide bonds. The maximum Gasteiger partial charge on any atom is 0.305 e. The molecule has 0 atom stereocenters. The standard InChI is InChI=1S/C22H19ClN2O4S.C9H6ClNO2S/c1-29-21(26)11-4-2-3-7-17-15-18(23)12-13-19(17)25-30(27,28)20-10-5-8-16-9-6-14-24-22(16)20;10-14(12,13)8-5-1-3-7-4-2-6-11-9(7)8/h5-6,8-10,12-15,25H,2,4,11H2,1H3;1-6H. The Kier molecular flexibility index (Phi) is 10.8. The van der Waals surface area contributed by atoms with E-state index in [1.54, 1.807) is 72.9 Å². The Hall–Kier alpha value is -4.21. The number of ether oxygens (including phenoxy) is 1. The Balaban J connectivity index is 0.000000262. The maximum atomic E-state index is 13.1. The summed E-state index contributed by atoms with van der Waals surface area (Å²) in [5, 5.41) is 1.92. The predicted molar refractivity (Wildman–Crippen MR) is 172 cm³/mol. The lowest BCUT2D eigenvalue weighted by Gasteiger charge is -2.12. The van der Waals surface area contributed by atoms with Crippen molar-refractivity contribution in [2.24, 2.45) is 0 Å². The fourth-order valence-electron chi connectivity index (χ4n) is 4.06. The van der Waals surface area contributed by atoms with Gasteiger partial charge in [0.25, 0.3) is 19.1 Å². The molecule has 0 aliphatic heterocycles. The molecule has 0 saturated carbocycles. The van der Waals surface area contributed by atoms with Gasteiger partial charge in [-0.2, -0.15) is 0 Å². The van der Waals surface area contributed by atoms with Gasteiger partial charge in [-0.05, 0) is 48.9 Å². The number of nitrogens with one attached hydrogen (secondary N) is 1. The highest BCUT2D eigenvalue weighted by Crippen LogP contribution is 2.27. The first-order valence-electron chi connectivity index (χ1n) is 13.0. The van der Waals surface area contributed by atoms with Crippen molar-refractivity contribution in [3.63, 3.8) is 0 Å². The van der Waals surface area contributed by atoms with E-state index in [0.29, 0.717) is 40.1 Å². The van der Waals surface area contributed by atoms with Crippen LogP contribution >= 0.6 is 22.3 Å². The molecular formula is C31H25Cl2N3O6S2. The minimum Gasteiger partial charge on any atom is -0.469 e. The maximum absolute atomic E-state index is 13.1. The lowest BCUT2D eigenvalue weighted by atomic mass is 10.1. The smallest absolute Gasteiger partial charge is 0.305 e. The molecule has 3 aromatic carbocycles. The molecule has 5 aromatic rings. The number of hydrogen-bond donors (Lipinski definition) is 1. The zero-order valence-corrected chi connectivity index (χ0v) is 26.3. The molecule has 0 aliphatic rings. The molecule has 5 rings (SSSR count). The number of para-hydroxylation sites is 2. The molecule has 0 aliphatic carbocycles. The van der Waals surface area contributed by atoms with Gasteiger partial charge in [0.2, 0.25) is 0 Å². The third-order valence-corrected chi connectivity index (χ3v) is 9.09. The monoisotopic (exact) mass is 669 g/mol. The first-order valence-corrected chi connectivity index (χ1v) is 17.2. The van der Waals surface area contributed by atoms with Gasteiger partial charge in [0.15, 0.2) is 0 Å². The topological polar surface area (TPSA) is 132 Å². The van der Waals surface area contributed by atoms with Crippen molar-refractivity contribution in [1.29, 1.82) is 0 Å². The van der Waals surface area contributed by atoms with E-state index < -0.39 is 19.1 Å². The van der Waals surface area contributed by atoms with E-state index in [4.69, 9.17) is 22.3 Å². The molecule has 0 spiro atoms. The van der Waals surface area contributed by atoms with Gasteiger partial charge < -0.3 is 4.74 Å². The molecular weight excluding hydrogens is 645 g/mol. The van der Waals surface area contributed by atoms with Crippen molar-refractivity contribution >= 4 is 74.8 Å². The van der Waals surface area contributed by atoms with Crippen LogP contribution < -0.4 is 4.72 Å². The first kappa shape index (κ1) is 32.7. The van der Waals surface area contributed by atoms with Gasteiger partial charge in [0.05, 0.1) is 29.4 Å². The number of sulfonamides is 1. The van der Waals surface area contributed by atoms with Crippen molar-refractivity contribution in [2.45, 2.75) is 29.1 Å². The van der Waals surface area contributed by atoms with Gasteiger partial charge in [-0.15, -0.1) is 0 Å². The Labute approximate surface area is 264 Å². The van der Waals surface area contributed by atoms with E-state index in [1.807, 2.05) is 0 Å². The number of anilines is 1. The number of methoxy groups -OCH3 is 1. The normalized spacial score (nSPS) is 11.2. The minimum absolute atomic E-state index is 0.0530.